The molecule has 0 atom stereocenters. The summed E-state index contributed by atoms with van der Waals surface area (Å²) in [5.74, 6) is 0.0670. The Kier molecular flexibility index (Phi) is 3.44. The van der Waals surface area contributed by atoms with Crippen LogP contribution in [-0.4, -0.2) is 12.3 Å². The highest BCUT2D eigenvalue weighted by Gasteiger charge is 1.99. The zero-order valence-corrected chi connectivity index (χ0v) is 8.17. The minimum absolute atomic E-state index is 0.0670. The molecule has 2 nitrogen and oxygen atoms in total. The quantitative estimate of drug-likeness (QED) is 0.852. The van der Waals surface area contributed by atoms with Crippen molar-refractivity contribution in [3.63, 3.8) is 0 Å². The molecule has 0 unspecified atom stereocenters. The molecule has 1 rings (SSSR count). The van der Waals surface area contributed by atoms with Crippen molar-refractivity contribution < 1.29 is 4.79 Å². The summed E-state index contributed by atoms with van der Waals surface area (Å²) >= 11 is 3.32. The van der Waals surface area contributed by atoms with Crippen LogP contribution in [0.1, 0.15) is 5.56 Å². The third-order valence-electron chi connectivity index (χ3n) is 1.54. The molecule has 3 heteroatoms. The molecule has 0 bridgehead atoms. The van der Waals surface area contributed by atoms with Crippen LogP contribution in [-0.2, 0) is 11.2 Å². The standard InChI is InChI=1S/C9H10BrNO/c10-8-3-1-7(2-4-8)5-9(12)6-11/h1-4H,5-6,11H2. The van der Waals surface area contributed by atoms with Crippen LogP contribution in [0.15, 0.2) is 28.7 Å². The molecule has 0 spiro atoms. The number of hydrogen-bond donors (Lipinski definition) is 1. The Morgan fingerprint density at radius 1 is 1.33 bits per heavy atom. The Hall–Kier alpha value is -0.670. The third-order valence-corrected chi connectivity index (χ3v) is 2.07. The van der Waals surface area contributed by atoms with Crippen molar-refractivity contribution in [2.24, 2.45) is 5.73 Å². The van der Waals surface area contributed by atoms with Gasteiger partial charge in [0.25, 0.3) is 0 Å². The maximum absolute atomic E-state index is 10.9. The maximum Gasteiger partial charge on any atom is 0.150 e. The van der Waals surface area contributed by atoms with Gasteiger partial charge in [0.1, 0.15) is 0 Å². The summed E-state index contributed by atoms with van der Waals surface area (Å²) in [4.78, 5) is 10.9. The highest BCUT2D eigenvalue weighted by atomic mass is 79.9. The molecule has 12 heavy (non-hydrogen) atoms. The fourth-order valence-corrected chi connectivity index (χ4v) is 1.17. The van der Waals surface area contributed by atoms with Gasteiger partial charge in [-0.1, -0.05) is 28.1 Å². The van der Waals surface area contributed by atoms with E-state index in [-0.39, 0.29) is 12.3 Å². The number of nitrogens with two attached hydrogens (primary N) is 1. The van der Waals surface area contributed by atoms with Crippen LogP contribution in [0.2, 0.25) is 0 Å². The molecule has 1 aromatic rings. The molecule has 0 aliphatic rings. The predicted molar refractivity (Wildman–Crippen MR) is 51.9 cm³/mol. The maximum atomic E-state index is 10.9. The Bertz CT molecular complexity index is 268. The highest BCUT2D eigenvalue weighted by Crippen LogP contribution is 2.10. The van der Waals surface area contributed by atoms with Crippen LogP contribution in [0.3, 0.4) is 0 Å². The second-order valence-corrected chi connectivity index (χ2v) is 3.46. The number of carbonyl (C=O) groups excluding carboxylic acids is 1. The van der Waals surface area contributed by atoms with E-state index in [1.165, 1.54) is 0 Å². The monoisotopic (exact) mass is 227 g/mol. The van der Waals surface area contributed by atoms with E-state index in [0.29, 0.717) is 6.42 Å². The highest BCUT2D eigenvalue weighted by molar-refractivity contribution is 9.10. The topological polar surface area (TPSA) is 43.1 Å². The molecule has 0 radical (unpaired) electrons. The molecule has 0 saturated heterocycles. The second kappa shape index (κ2) is 4.38. The Labute approximate surface area is 79.9 Å². The van der Waals surface area contributed by atoms with Crippen LogP contribution in [0.25, 0.3) is 0 Å². The molecule has 0 heterocycles. The van der Waals surface area contributed by atoms with Gasteiger partial charge in [-0.25, -0.2) is 0 Å². The third kappa shape index (κ3) is 2.75. The minimum atomic E-state index is 0.0670. The van der Waals surface area contributed by atoms with Crippen molar-refractivity contribution in [2.45, 2.75) is 6.42 Å². The van der Waals surface area contributed by atoms with Crippen molar-refractivity contribution >= 4 is 21.7 Å². The van der Waals surface area contributed by atoms with Gasteiger partial charge in [-0.2, -0.15) is 0 Å². The van der Waals surface area contributed by atoms with Gasteiger partial charge in [-0.05, 0) is 17.7 Å². The summed E-state index contributed by atoms with van der Waals surface area (Å²) in [5.41, 5.74) is 6.20. The molecule has 64 valence electrons. The molecule has 0 amide bonds. The predicted octanol–water partition coefficient (Wildman–Crippen LogP) is 1.52. The number of halogens is 1. The van der Waals surface area contributed by atoms with Crippen LogP contribution in [0.4, 0.5) is 0 Å². The summed E-state index contributed by atoms with van der Waals surface area (Å²) in [6, 6.07) is 7.66. The van der Waals surface area contributed by atoms with Crippen molar-refractivity contribution in [1.82, 2.24) is 0 Å². The Balaban J connectivity index is 2.64. The molecule has 0 fully saturated rings. The molecule has 0 aliphatic heterocycles. The summed E-state index contributed by atoms with van der Waals surface area (Å²) in [7, 11) is 0. The lowest BCUT2D eigenvalue weighted by Gasteiger charge is -1.98. The number of Topliss-reactive ketones (excluding diaryl/α,β-unsaturated/α-hetero) is 1. The average molecular weight is 228 g/mol. The van der Waals surface area contributed by atoms with Gasteiger partial charge in [0.05, 0.1) is 6.54 Å². The largest absolute Gasteiger partial charge is 0.324 e. The van der Waals surface area contributed by atoms with Gasteiger partial charge in [0.15, 0.2) is 5.78 Å². The summed E-state index contributed by atoms with van der Waals surface area (Å²) in [6.45, 7) is 0.121. The number of rotatable bonds is 3. The minimum Gasteiger partial charge on any atom is -0.324 e. The van der Waals surface area contributed by atoms with E-state index >= 15 is 0 Å². The summed E-state index contributed by atoms with van der Waals surface area (Å²) in [6.07, 6.45) is 0.434. The van der Waals surface area contributed by atoms with E-state index in [4.69, 9.17) is 5.73 Å². The average Bonchev–Trinajstić information content (AvgIpc) is 2.09. The Morgan fingerprint density at radius 3 is 2.42 bits per heavy atom. The van der Waals surface area contributed by atoms with Crippen molar-refractivity contribution in [1.29, 1.82) is 0 Å². The van der Waals surface area contributed by atoms with Crippen LogP contribution in [0, 0.1) is 0 Å². The van der Waals surface area contributed by atoms with E-state index in [0.717, 1.165) is 10.0 Å². The number of ketones is 1. The molecular weight excluding hydrogens is 218 g/mol. The zero-order valence-electron chi connectivity index (χ0n) is 6.59. The number of carbonyl (C=O) groups is 1. The molecule has 0 aliphatic carbocycles. The lowest BCUT2D eigenvalue weighted by molar-refractivity contribution is -0.117. The van der Waals surface area contributed by atoms with Gasteiger partial charge in [-0.15, -0.1) is 0 Å². The zero-order chi connectivity index (χ0) is 8.97. The second-order valence-electron chi connectivity index (χ2n) is 2.55. The van der Waals surface area contributed by atoms with Gasteiger partial charge in [0.2, 0.25) is 0 Å². The lowest BCUT2D eigenvalue weighted by atomic mass is 10.1. The summed E-state index contributed by atoms with van der Waals surface area (Å²) in [5, 5.41) is 0. The van der Waals surface area contributed by atoms with E-state index < -0.39 is 0 Å². The molecule has 0 aromatic heterocycles. The van der Waals surface area contributed by atoms with E-state index in [1.807, 2.05) is 24.3 Å². The first-order chi connectivity index (χ1) is 5.72. The van der Waals surface area contributed by atoms with E-state index in [2.05, 4.69) is 15.9 Å². The normalized spacial score (nSPS) is 9.83. The fourth-order valence-electron chi connectivity index (χ4n) is 0.902. The summed E-state index contributed by atoms with van der Waals surface area (Å²) < 4.78 is 1.02. The van der Waals surface area contributed by atoms with E-state index in [9.17, 15) is 4.79 Å². The van der Waals surface area contributed by atoms with Gasteiger partial charge >= 0.3 is 0 Å². The molecular formula is C9H10BrNO. The number of benzene rings is 1. The van der Waals surface area contributed by atoms with Crippen LogP contribution < -0.4 is 5.73 Å². The molecule has 0 saturated carbocycles. The molecule has 1 aromatic carbocycles. The number of hydrogen-bond acceptors (Lipinski definition) is 2. The van der Waals surface area contributed by atoms with Crippen LogP contribution >= 0.6 is 15.9 Å². The van der Waals surface area contributed by atoms with Gasteiger partial charge in [0, 0.05) is 10.9 Å². The van der Waals surface area contributed by atoms with Gasteiger partial charge < -0.3 is 5.73 Å². The van der Waals surface area contributed by atoms with Crippen LogP contribution in [0.5, 0.6) is 0 Å². The molecule has 2 N–H and O–H groups in total. The first kappa shape index (κ1) is 9.42. The van der Waals surface area contributed by atoms with Crippen molar-refractivity contribution in [2.75, 3.05) is 6.54 Å². The first-order valence-corrected chi connectivity index (χ1v) is 4.48. The fraction of sp³-hybridized carbons (Fsp3) is 0.222. The Morgan fingerprint density at radius 2 is 1.92 bits per heavy atom. The van der Waals surface area contributed by atoms with Crippen molar-refractivity contribution in [3.8, 4) is 0 Å². The lowest BCUT2D eigenvalue weighted by Crippen LogP contribution is -2.15. The van der Waals surface area contributed by atoms with E-state index in [1.54, 1.807) is 0 Å². The van der Waals surface area contributed by atoms with Crippen molar-refractivity contribution in [3.05, 3.63) is 34.3 Å². The SMILES string of the molecule is NCC(=O)Cc1ccc(Br)cc1. The van der Waals surface area contributed by atoms with Gasteiger partial charge in [-0.3, -0.25) is 4.79 Å². The smallest absolute Gasteiger partial charge is 0.150 e. The first-order valence-electron chi connectivity index (χ1n) is 3.68.